The average molecular weight is 256 g/mol. The van der Waals surface area contributed by atoms with Crippen LogP contribution in [0.4, 0.5) is 0 Å². The molecule has 19 heavy (non-hydrogen) atoms. The summed E-state index contributed by atoms with van der Waals surface area (Å²) in [5.41, 5.74) is 2.58. The van der Waals surface area contributed by atoms with E-state index in [0.29, 0.717) is 5.92 Å². The minimum Gasteiger partial charge on any atom is -0.377 e. The van der Waals surface area contributed by atoms with Crippen molar-refractivity contribution in [3.8, 4) is 6.07 Å². The van der Waals surface area contributed by atoms with Crippen molar-refractivity contribution in [3.63, 3.8) is 0 Å². The highest BCUT2D eigenvalue weighted by molar-refractivity contribution is 5.33. The summed E-state index contributed by atoms with van der Waals surface area (Å²) in [6, 6.07) is 2.64. The first-order chi connectivity index (χ1) is 9.26. The summed E-state index contributed by atoms with van der Waals surface area (Å²) in [7, 11) is 2.18. The zero-order valence-corrected chi connectivity index (χ0v) is 11.9. The largest absolute Gasteiger partial charge is 0.377 e. The normalized spacial score (nSPS) is 46.5. The Hall–Kier alpha value is -0.970. The number of nitriles is 1. The van der Waals surface area contributed by atoms with Crippen LogP contribution in [0.15, 0.2) is 11.3 Å². The zero-order valence-electron chi connectivity index (χ0n) is 11.9. The lowest BCUT2D eigenvalue weighted by Gasteiger charge is -2.54. The van der Waals surface area contributed by atoms with Crippen LogP contribution >= 0.6 is 0 Å². The molecule has 5 fully saturated rings. The van der Waals surface area contributed by atoms with Crippen LogP contribution in [0.2, 0.25) is 0 Å². The van der Waals surface area contributed by atoms with Gasteiger partial charge in [0.2, 0.25) is 0 Å². The van der Waals surface area contributed by atoms with Crippen molar-refractivity contribution in [3.05, 3.63) is 11.3 Å². The highest BCUT2D eigenvalue weighted by Crippen LogP contribution is 2.58. The average Bonchev–Trinajstić information content (AvgIpc) is 2.79. The Labute approximate surface area is 116 Å². The smallest absolute Gasteiger partial charge is 0.0968 e. The van der Waals surface area contributed by atoms with Gasteiger partial charge < -0.3 is 4.90 Å². The molecular weight excluding hydrogens is 232 g/mol. The first-order valence-electron chi connectivity index (χ1n) is 8.10. The molecule has 4 saturated carbocycles. The summed E-state index contributed by atoms with van der Waals surface area (Å²) in [5, 5.41) is 9.75. The summed E-state index contributed by atoms with van der Waals surface area (Å²) >= 11 is 0. The molecule has 0 amide bonds. The maximum atomic E-state index is 9.75. The van der Waals surface area contributed by atoms with Gasteiger partial charge in [0.05, 0.1) is 11.6 Å². The summed E-state index contributed by atoms with van der Waals surface area (Å²) in [5.74, 6) is 4.31. The molecule has 1 aliphatic heterocycles. The van der Waals surface area contributed by atoms with Gasteiger partial charge in [-0.1, -0.05) is 0 Å². The molecule has 0 aromatic carbocycles. The molecule has 1 heterocycles. The highest BCUT2D eigenvalue weighted by Gasteiger charge is 2.50. The molecule has 0 radical (unpaired) electrons. The minimum absolute atomic E-state index is 0.619. The number of hydrogen-bond acceptors (Lipinski definition) is 2. The SMILES string of the molecule is CN1CCC/C1=C(\C#N)C1C2CC3CC(C2)CC1C3. The van der Waals surface area contributed by atoms with E-state index in [9.17, 15) is 5.26 Å². The molecule has 0 atom stereocenters. The van der Waals surface area contributed by atoms with E-state index in [1.807, 2.05) is 0 Å². The Balaban J connectivity index is 1.70. The molecule has 1 saturated heterocycles. The van der Waals surface area contributed by atoms with Crippen LogP contribution in [0, 0.1) is 40.9 Å². The molecule has 5 aliphatic rings. The first-order valence-corrected chi connectivity index (χ1v) is 8.10. The lowest BCUT2D eigenvalue weighted by atomic mass is 9.50. The molecule has 102 valence electrons. The Morgan fingerprint density at radius 1 is 1.11 bits per heavy atom. The molecular formula is C17H24N2. The Kier molecular flexibility index (Phi) is 2.65. The lowest BCUT2D eigenvalue weighted by Crippen LogP contribution is -2.46. The van der Waals surface area contributed by atoms with Crippen LogP contribution in [0.3, 0.4) is 0 Å². The van der Waals surface area contributed by atoms with Crippen molar-refractivity contribution < 1.29 is 0 Å². The molecule has 0 N–H and O–H groups in total. The zero-order chi connectivity index (χ0) is 13.0. The summed E-state index contributed by atoms with van der Waals surface area (Å²) in [6.07, 6.45) is 9.55. The van der Waals surface area contributed by atoms with Crippen molar-refractivity contribution in [1.29, 1.82) is 5.26 Å². The van der Waals surface area contributed by atoms with E-state index >= 15 is 0 Å². The third-order valence-electron chi connectivity index (χ3n) is 6.36. The Bertz CT molecular complexity index is 428. The van der Waals surface area contributed by atoms with Gasteiger partial charge in [-0.25, -0.2) is 0 Å². The van der Waals surface area contributed by atoms with Gasteiger partial charge in [0.1, 0.15) is 0 Å². The molecule has 4 bridgehead atoms. The van der Waals surface area contributed by atoms with Gasteiger partial charge in [0.15, 0.2) is 0 Å². The minimum atomic E-state index is 0.619. The van der Waals surface area contributed by atoms with Crippen molar-refractivity contribution in [2.24, 2.45) is 29.6 Å². The maximum Gasteiger partial charge on any atom is 0.0968 e. The van der Waals surface area contributed by atoms with Crippen LogP contribution in [0.25, 0.3) is 0 Å². The van der Waals surface area contributed by atoms with E-state index < -0.39 is 0 Å². The fourth-order valence-electron chi connectivity index (χ4n) is 5.88. The van der Waals surface area contributed by atoms with E-state index in [1.54, 1.807) is 0 Å². The van der Waals surface area contributed by atoms with Crippen molar-refractivity contribution in [1.82, 2.24) is 4.90 Å². The maximum absolute atomic E-state index is 9.75. The van der Waals surface area contributed by atoms with Crippen molar-refractivity contribution in [2.75, 3.05) is 13.6 Å². The molecule has 0 aromatic heterocycles. The molecule has 2 heteroatoms. The van der Waals surface area contributed by atoms with Crippen molar-refractivity contribution in [2.45, 2.75) is 44.9 Å². The van der Waals surface area contributed by atoms with Crippen LogP contribution in [0.1, 0.15) is 44.9 Å². The monoisotopic (exact) mass is 256 g/mol. The van der Waals surface area contributed by atoms with E-state index in [4.69, 9.17) is 0 Å². The van der Waals surface area contributed by atoms with Gasteiger partial charge in [-0.15, -0.1) is 0 Å². The second-order valence-corrected chi connectivity index (χ2v) is 7.45. The van der Waals surface area contributed by atoms with E-state index in [2.05, 4.69) is 18.0 Å². The molecule has 2 nitrogen and oxygen atoms in total. The fraction of sp³-hybridized carbons (Fsp3) is 0.824. The molecule has 0 spiro atoms. The van der Waals surface area contributed by atoms with Crippen LogP contribution in [-0.4, -0.2) is 18.5 Å². The van der Waals surface area contributed by atoms with E-state index in [0.717, 1.165) is 36.6 Å². The quantitative estimate of drug-likeness (QED) is 0.671. The second kappa shape index (κ2) is 4.27. The number of rotatable bonds is 1. The third kappa shape index (κ3) is 1.74. The van der Waals surface area contributed by atoms with Gasteiger partial charge in [0, 0.05) is 25.2 Å². The van der Waals surface area contributed by atoms with Gasteiger partial charge in [-0.2, -0.15) is 5.26 Å². The molecule has 4 aliphatic carbocycles. The van der Waals surface area contributed by atoms with Crippen LogP contribution in [0.5, 0.6) is 0 Å². The lowest BCUT2D eigenvalue weighted by molar-refractivity contribution is -0.0199. The van der Waals surface area contributed by atoms with Crippen molar-refractivity contribution >= 4 is 0 Å². The standard InChI is InChI=1S/C17H24N2/c1-19-4-2-3-16(19)15(10-18)17-13-6-11-5-12(8-13)9-14(17)7-11/h11-14,17H,2-9H2,1H3/b16-15-. The molecule has 0 unspecified atom stereocenters. The summed E-state index contributed by atoms with van der Waals surface area (Å²) < 4.78 is 0. The number of allylic oxidation sites excluding steroid dienone is 2. The Morgan fingerprint density at radius 3 is 2.21 bits per heavy atom. The second-order valence-electron chi connectivity index (χ2n) is 7.45. The predicted octanol–water partition coefficient (Wildman–Crippen LogP) is 3.56. The van der Waals surface area contributed by atoms with Gasteiger partial charge in [-0.05, 0) is 68.6 Å². The highest BCUT2D eigenvalue weighted by atomic mass is 15.1. The summed E-state index contributed by atoms with van der Waals surface area (Å²) in [6.45, 7) is 1.15. The number of likely N-dealkylation sites (tertiary alicyclic amines) is 1. The first kappa shape index (κ1) is 11.8. The van der Waals surface area contributed by atoms with Crippen LogP contribution in [-0.2, 0) is 0 Å². The summed E-state index contributed by atoms with van der Waals surface area (Å²) in [4.78, 5) is 2.35. The Morgan fingerprint density at radius 2 is 1.74 bits per heavy atom. The molecule has 0 aromatic rings. The van der Waals surface area contributed by atoms with Gasteiger partial charge in [-0.3, -0.25) is 0 Å². The predicted molar refractivity (Wildman–Crippen MR) is 75.0 cm³/mol. The third-order valence-corrected chi connectivity index (χ3v) is 6.36. The number of nitrogens with zero attached hydrogens (tertiary/aromatic N) is 2. The number of hydrogen-bond donors (Lipinski definition) is 0. The van der Waals surface area contributed by atoms with E-state index in [1.165, 1.54) is 49.8 Å². The van der Waals surface area contributed by atoms with Gasteiger partial charge >= 0.3 is 0 Å². The topological polar surface area (TPSA) is 27.0 Å². The molecule has 5 rings (SSSR count). The van der Waals surface area contributed by atoms with Crippen LogP contribution < -0.4 is 0 Å². The van der Waals surface area contributed by atoms with Gasteiger partial charge in [0.25, 0.3) is 0 Å². The van der Waals surface area contributed by atoms with E-state index in [-0.39, 0.29) is 0 Å². The fourth-order valence-corrected chi connectivity index (χ4v) is 5.88.